The molecule has 0 aliphatic rings. The summed E-state index contributed by atoms with van der Waals surface area (Å²) >= 11 is 0. The van der Waals surface area contributed by atoms with Crippen LogP contribution in [0.2, 0.25) is 0 Å². The monoisotopic (exact) mass is 353 g/mol. The molecular formula is C18H31N3O4. The van der Waals surface area contributed by atoms with Crippen LogP contribution < -0.4 is 24.8 Å². The first kappa shape index (κ1) is 20.9. The Morgan fingerprint density at radius 2 is 1.72 bits per heavy atom. The maximum atomic E-state index is 5.48. The SMILES string of the molecule is CCNC(=NCCc1c(OC)cc(OC)cc1OC)NC(C)COC. The zero-order chi connectivity index (χ0) is 18.7. The molecule has 25 heavy (non-hydrogen) atoms. The Kier molecular flexibility index (Phi) is 9.54. The van der Waals surface area contributed by atoms with E-state index in [1.54, 1.807) is 28.4 Å². The van der Waals surface area contributed by atoms with E-state index in [1.165, 1.54) is 0 Å². The van der Waals surface area contributed by atoms with E-state index in [2.05, 4.69) is 15.6 Å². The molecule has 7 nitrogen and oxygen atoms in total. The number of guanidine groups is 1. The number of rotatable bonds is 10. The average Bonchev–Trinajstić information content (AvgIpc) is 2.61. The largest absolute Gasteiger partial charge is 0.496 e. The van der Waals surface area contributed by atoms with Gasteiger partial charge in [-0.2, -0.15) is 0 Å². The Balaban J connectivity index is 2.86. The van der Waals surface area contributed by atoms with Gasteiger partial charge in [0, 0.05) is 43.9 Å². The van der Waals surface area contributed by atoms with E-state index in [1.807, 2.05) is 26.0 Å². The smallest absolute Gasteiger partial charge is 0.191 e. The predicted octanol–water partition coefficient (Wildman–Crippen LogP) is 1.84. The Morgan fingerprint density at radius 3 is 2.20 bits per heavy atom. The van der Waals surface area contributed by atoms with Crippen LogP contribution in [0, 0.1) is 0 Å². The Morgan fingerprint density at radius 1 is 1.08 bits per heavy atom. The van der Waals surface area contributed by atoms with Gasteiger partial charge in [0.2, 0.25) is 0 Å². The van der Waals surface area contributed by atoms with Gasteiger partial charge < -0.3 is 29.6 Å². The molecule has 1 aromatic carbocycles. The normalized spacial score (nSPS) is 12.5. The topological polar surface area (TPSA) is 73.3 Å². The van der Waals surface area contributed by atoms with E-state index in [0.717, 1.165) is 29.6 Å². The van der Waals surface area contributed by atoms with Crippen molar-refractivity contribution in [1.29, 1.82) is 0 Å². The third kappa shape index (κ3) is 6.70. The number of hydrogen-bond donors (Lipinski definition) is 2. The highest BCUT2D eigenvalue weighted by Gasteiger charge is 2.13. The van der Waals surface area contributed by atoms with Crippen molar-refractivity contribution >= 4 is 5.96 Å². The van der Waals surface area contributed by atoms with E-state index in [9.17, 15) is 0 Å². The van der Waals surface area contributed by atoms with Gasteiger partial charge in [0.25, 0.3) is 0 Å². The molecule has 1 unspecified atom stereocenters. The fraction of sp³-hybridized carbons (Fsp3) is 0.611. The van der Waals surface area contributed by atoms with Gasteiger partial charge in [-0.15, -0.1) is 0 Å². The highest BCUT2D eigenvalue weighted by Crippen LogP contribution is 2.34. The van der Waals surface area contributed by atoms with Gasteiger partial charge >= 0.3 is 0 Å². The van der Waals surface area contributed by atoms with Crippen molar-refractivity contribution < 1.29 is 18.9 Å². The molecule has 0 saturated carbocycles. The fourth-order valence-corrected chi connectivity index (χ4v) is 2.45. The summed E-state index contributed by atoms with van der Waals surface area (Å²) in [5.41, 5.74) is 0.968. The van der Waals surface area contributed by atoms with Crippen molar-refractivity contribution in [2.75, 3.05) is 48.1 Å². The summed E-state index contributed by atoms with van der Waals surface area (Å²) in [5.74, 6) is 2.93. The molecule has 0 amide bonds. The van der Waals surface area contributed by atoms with Crippen LogP contribution in [-0.2, 0) is 11.2 Å². The van der Waals surface area contributed by atoms with Crippen LogP contribution in [-0.4, -0.2) is 60.1 Å². The summed E-state index contributed by atoms with van der Waals surface area (Å²) in [5, 5.41) is 6.55. The van der Waals surface area contributed by atoms with E-state index in [0.29, 0.717) is 25.3 Å². The van der Waals surface area contributed by atoms with Gasteiger partial charge in [-0.25, -0.2) is 0 Å². The van der Waals surface area contributed by atoms with Crippen molar-refractivity contribution in [3.05, 3.63) is 17.7 Å². The summed E-state index contributed by atoms with van der Waals surface area (Å²) in [6.45, 7) is 6.08. The molecule has 2 N–H and O–H groups in total. The summed E-state index contributed by atoms with van der Waals surface area (Å²) < 4.78 is 21.4. The molecule has 0 saturated heterocycles. The molecular weight excluding hydrogens is 322 g/mol. The summed E-state index contributed by atoms with van der Waals surface area (Å²) in [6.07, 6.45) is 0.686. The highest BCUT2D eigenvalue weighted by atomic mass is 16.5. The Bertz CT molecular complexity index is 524. The van der Waals surface area contributed by atoms with Gasteiger partial charge in [-0.3, -0.25) is 4.99 Å². The minimum atomic E-state index is 0.174. The van der Waals surface area contributed by atoms with Crippen LogP contribution >= 0.6 is 0 Å². The van der Waals surface area contributed by atoms with E-state index in [4.69, 9.17) is 18.9 Å². The number of nitrogens with zero attached hydrogens (tertiary/aromatic N) is 1. The highest BCUT2D eigenvalue weighted by molar-refractivity contribution is 5.80. The van der Waals surface area contributed by atoms with Crippen LogP contribution in [0.25, 0.3) is 0 Å². The van der Waals surface area contributed by atoms with Crippen LogP contribution in [0.3, 0.4) is 0 Å². The van der Waals surface area contributed by atoms with Gasteiger partial charge in [0.05, 0.1) is 27.9 Å². The van der Waals surface area contributed by atoms with Crippen molar-refractivity contribution in [2.24, 2.45) is 4.99 Å². The number of benzene rings is 1. The van der Waals surface area contributed by atoms with Crippen molar-refractivity contribution in [1.82, 2.24) is 10.6 Å². The molecule has 0 radical (unpaired) electrons. The molecule has 1 rings (SSSR count). The molecule has 1 atom stereocenters. The fourth-order valence-electron chi connectivity index (χ4n) is 2.45. The van der Waals surface area contributed by atoms with Crippen LogP contribution in [0.5, 0.6) is 17.2 Å². The number of nitrogens with one attached hydrogen (secondary N) is 2. The number of methoxy groups -OCH3 is 4. The number of hydrogen-bond acceptors (Lipinski definition) is 5. The van der Waals surface area contributed by atoms with E-state index < -0.39 is 0 Å². The summed E-state index contributed by atoms with van der Waals surface area (Å²) in [4.78, 5) is 4.62. The van der Waals surface area contributed by atoms with Gasteiger partial charge in [-0.1, -0.05) is 0 Å². The first-order valence-electron chi connectivity index (χ1n) is 8.42. The van der Waals surface area contributed by atoms with Gasteiger partial charge in [0.15, 0.2) is 5.96 Å². The predicted molar refractivity (Wildman–Crippen MR) is 100 cm³/mol. The molecule has 1 aromatic rings. The summed E-state index contributed by atoms with van der Waals surface area (Å²) in [6, 6.07) is 3.88. The lowest BCUT2D eigenvalue weighted by molar-refractivity contribution is 0.179. The lowest BCUT2D eigenvalue weighted by Crippen LogP contribution is -2.44. The third-order valence-corrected chi connectivity index (χ3v) is 3.59. The molecule has 142 valence electrons. The number of aliphatic imine (C=N–C) groups is 1. The second kappa shape index (κ2) is 11.4. The van der Waals surface area contributed by atoms with Crippen LogP contribution in [0.1, 0.15) is 19.4 Å². The molecule has 0 spiro atoms. The van der Waals surface area contributed by atoms with Gasteiger partial charge in [0.1, 0.15) is 17.2 Å². The van der Waals surface area contributed by atoms with Crippen molar-refractivity contribution in [2.45, 2.75) is 26.3 Å². The maximum Gasteiger partial charge on any atom is 0.191 e. The molecule has 0 aliphatic carbocycles. The standard InChI is InChI=1S/C18H31N3O4/c1-7-19-18(21-13(2)12-22-3)20-9-8-15-16(24-5)10-14(23-4)11-17(15)25-6/h10-11,13H,7-9,12H2,1-6H3,(H2,19,20,21). The molecule has 7 heteroatoms. The number of ether oxygens (including phenoxy) is 4. The van der Waals surface area contributed by atoms with Crippen molar-refractivity contribution in [3.63, 3.8) is 0 Å². The first-order chi connectivity index (χ1) is 12.1. The van der Waals surface area contributed by atoms with Crippen molar-refractivity contribution in [3.8, 4) is 17.2 Å². The summed E-state index contributed by atoms with van der Waals surface area (Å²) in [7, 11) is 6.58. The molecule has 0 heterocycles. The zero-order valence-corrected chi connectivity index (χ0v) is 16.1. The Hall–Kier alpha value is -2.15. The van der Waals surface area contributed by atoms with E-state index in [-0.39, 0.29) is 6.04 Å². The minimum absolute atomic E-state index is 0.174. The molecule has 0 aromatic heterocycles. The Labute approximate surface area is 150 Å². The zero-order valence-electron chi connectivity index (χ0n) is 16.1. The maximum absolute atomic E-state index is 5.48. The van der Waals surface area contributed by atoms with E-state index >= 15 is 0 Å². The molecule has 0 aliphatic heterocycles. The second-order valence-corrected chi connectivity index (χ2v) is 5.52. The van der Waals surface area contributed by atoms with Crippen LogP contribution in [0.4, 0.5) is 0 Å². The van der Waals surface area contributed by atoms with Crippen LogP contribution in [0.15, 0.2) is 17.1 Å². The average molecular weight is 353 g/mol. The quantitative estimate of drug-likeness (QED) is 0.494. The third-order valence-electron chi connectivity index (χ3n) is 3.59. The second-order valence-electron chi connectivity index (χ2n) is 5.52. The first-order valence-corrected chi connectivity index (χ1v) is 8.42. The molecule has 0 fully saturated rings. The minimum Gasteiger partial charge on any atom is -0.496 e. The van der Waals surface area contributed by atoms with Gasteiger partial charge in [-0.05, 0) is 20.3 Å². The molecule has 0 bridgehead atoms. The lowest BCUT2D eigenvalue weighted by Gasteiger charge is -2.17. The lowest BCUT2D eigenvalue weighted by atomic mass is 10.1.